The lowest BCUT2D eigenvalue weighted by Gasteiger charge is -2.19. The lowest BCUT2D eigenvalue weighted by Crippen LogP contribution is -2.28. The number of benzene rings is 1. The summed E-state index contributed by atoms with van der Waals surface area (Å²) in [5.74, 6) is 0.929. The molecule has 6 heteroatoms. The van der Waals surface area contributed by atoms with Crippen LogP contribution in [0.3, 0.4) is 0 Å². The van der Waals surface area contributed by atoms with Crippen LogP contribution in [0.25, 0.3) is 0 Å². The van der Waals surface area contributed by atoms with Crippen LogP contribution in [0.5, 0.6) is 5.75 Å². The van der Waals surface area contributed by atoms with Gasteiger partial charge in [-0.2, -0.15) is 0 Å². The lowest BCUT2D eigenvalue weighted by atomic mass is 10.1. The van der Waals surface area contributed by atoms with Crippen LogP contribution in [0.15, 0.2) is 18.2 Å². The summed E-state index contributed by atoms with van der Waals surface area (Å²) in [6.45, 7) is 6.18. The summed E-state index contributed by atoms with van der Waals surface area (Å²) in [5.41, 5.74) is 6.88. The van der Waals surface area contributed by atoms with Crippen molar-refractivity contribution in [3.8, 4) is 5.75 Å². The van der Waals surface area contributed by atoms with Gasteiger partial charge in [-0.3, -0.25) is 10.1 Å². The zero-order valence-electron chi connectivity index (χ0n) is 11.9. The first-order valence-electron chi connectivity index (χ1n) is 6.94. The Bertz CT molecular complexity index is 483. The molecule has 1 aromatic carbocycles. The fraction of sp³-hybridized carbons (Fsp3) is 0.571. The number of nitrogens with zero attached hydrogens (tertiary/aromatic N) is 2. The van der Waals surface area contributed by atoms with Gasteiger partial charge < -0.3 is 15.4 Å². The molecule has 20 heavy (non-hydrogen) atoms. The molecule has 2 atom stereocenters. The zero-order chi connectivity index (χ0) is 14.7. The van der Waals surface area contributed by atoms with Crippen molar-refractivity contribution in [2.75, 3.05) is 24.6 Å². The molecular formula is C14H21N3O3. The van der Waals surface area contributed by atoms with Gasteiger partial charge in [0.25, 0.3) is 5.69 Å². The van der Waals surface area contributed by atoms with Gasteiger partial charge in [0.2, 0.25) is 0 Å². The molecule has 1 aromatic rings. The third-order valence-electron chi connectivity index (χ3n) is 3.60. The van der Waals surface area contributed by atoms with Crippen LogP contribution in [-0.2, 0) is 0 Å². The molecule has 2 N–H and O–H groups in total. The van der Waals surface area contributed by atoms with Gasteiger partial charge in [-0.25, -0.2) is 0 Å². The van der Waals surface area contributed by atoms with Crippen molar-refractivity contribution in [1.29, 1.82) is 0 Å². The summed E-state index contributed by atoms with van der Waals surface area (Å²) >= 11 is 0. The highest BCUT2D eigenvalue weighted by Gasteiger charge is 2.28. The number of rotatable bonds is 5. The molecule has 1 saturated heterocycles. The maximum atomic E-state index is 11.0. The second-order valence-corrected chi connectivity index (χ2v) is 5.34. The summed E-state index contributed by atoms with van der Waals surface area (Å²) in [7, 11) is 0. The number of ether oxygens (including phenoxy) is 1. The van der Waals surface area contributed by atoms with Crippen molar-refractivity contribution in [2.24, 2.45) is 11.7 Å². The topological polar surface area (TPSA) is 81.6 Å². The van der Waals surface area contributed by atoms with Gasteiger partial charge in [0.1, 0.15) is 5.75 Å². The number of nitrogens with two attached hydrogens (primary N) is 1. The SMILES string of the molecule is CCCOc1cc(N2CC(C)C(N)C2)cc([N+](=O)[O-])c1. The minimum Gasteiger partial charge on any atom is -0.493 e. The summed E-state index contributed by atoms with van der Waals surface area (Å²) in [6.07, 6.45) is 0.865. The van der Waals surface area contributed by atoms with Crippen LogP contribution in [0.1, 0.15) is 20.3 Å². The smallest absolute Gasteiger partial charge is 0.275 e. The number of non-ortho nitro benzene ring substituents is 1. The molecule has 2 unspecified atom stereocenters. The first-order valence-corrected chi connectivity index (χ1v) is 6.94. The summed E-state index contributed by atoms with van der Waals surface area (Å²) < 4.78 is 5.54. The molecule has 1 fully saturated rings. The molecule has 0 bridgehead atoms. The minimum absolute atomic E-state index is 0.0572. The normalized spacial score (nSPS) is 22.1. The maximum absolute atomic E-state index is 11.0. The molecule has 1 aliphatic rings. The van der Waals surface area contributed by atoms with E-state index in [9.17, 15) is 10.1 Å². The van der Waals surface area contributed by atoms with E-state index in [1.54, 1.807) is 6.07 Å². The molecule has 0 saturated carbocycles. The molecule has 0 amide bonds. The Balaban J connectivity index is 2.27. The third-order valence-corrected chi connectivity index (χ3v) is 3.60. The summed E-state index contributed by atoms with van der Waals surface area (Å²) in [6, 6.07) is 5.02. The van der Waals surface area contributed by atoms with E-state index < -0.39 is 0 Å². The van der Waals surface area contributed by atoms with Crippen molar-refractivity contribution in [3.05, 3.63) is 28.3 Å². The predicted octanol–water partition coefficient (Wildman–Crippen LogP) is 2.17. The summed E-state index contributed by atoms with van der Waals surface area (Å²) in [4.78, 5) is 12.7. The zero-order valence-corrected chi connectivity index (χ0v) is 11.9. The predicted molar refractivity (Wildman–Crippen MR) is 78.2 cm³/mol. The van der Waals surface area contributed by atoms with E-state index >= 15 is 0 Å². The van der Waals surface area contributed by atoms with Crippen LogP contribution in [0.2, 0.25) is 0 Å². The largest absolute Gasteiger partial charge is 0.493 e. The first-order chi connectivity index (χ1) is 9.51. The Kier molecular flexibility index (Phi) is 4.44. The van der Waals surface area contributed by atoms with Crippen molar-refractivity contribution >= 4 is 11.4 Å². The Morgan fingerprint density at radius 3 is 2.75 bits per heavy atom. The third kappa shape index (κ3) is 3.19. The number of hydrogen-bond donors (Lipinski definition) is 1. The molecule has 2 rings (SSSR count). The molecule has 1 aliphatic heterocycles. The van der Waals surface area contributed by atoms with Crippen LogP contribution in [-0.4, -0.2) is 30.7 Å². The Morgan fingerprint density at radius 2 is 2.20 bits per heavy atom. The first kappa shape index (κ1) is 14.6. The van der Waals surface area contributed by atoms with E-state index in [2.05, 4.69) is 11.8 Å². The van der Waals surface area contributed by atoms with Gasteiger partial charge in [-0.1, -0.05) is 13.8 Å². The molecule has 0 radical (unpaired) electrons. The molecule has 0 spiro atoms. The molecule has 0 aromatic heterocycles. The number of nitro groups is 1. The van der Waals surface area contributed by atoms with E-state index in [1.165, 1.54) is 6.07 Å². The highest BCUT2D eigenvalue weighted by molar-refractivity contribution is 5.58. The van der Waals surface area contributed by atoms with Crippen LogP contribution in [0.4, 0.5) is 11.4 Å². The number of nitro benzene ring substituents is 1. The average Bonchev–Trinajstić information content (AvgIpc) is 2.76. The van der Waals surface area contributed by atoms with Crippen molar-refractivity contribution < 1.29 is 9.66 Å². The Labute approximate surface area is 118 Å². The van der Waals surface area contributed by atoms with E-state index in [-0.39, 0.29) is 16.7 Å². The van der Waals surface area contributed by atoms with Gasteiger partial charge in [0, 0.05) is 37.0 Å². The number of hydrogen-bond acceptors (Lipinski definition) is 5. The van der Waals surface area contributed by atoms with E-state index in [1.807, 2.05) is 13.0 Å². The van der Waals surface area contributed by atoms with Gasteiger partial charge in [0.15, 0.2) is 0 Å². The fourth-order valence-corrected chi connectivity index (χ4v) is 2.36. The van der Waals surface area contributed by atoms with Gasteiger partial charge in [-0.05, 0) is 12.3 Å². The van der Waals surface area contributed by atoms with Gasteiger partial charge in [0.05, 0.1) is 17.6 Å². The van der Waals surface area contributed by atoms with Crippen LogP contribution in [0, 0.1) is 16.0 Å². The average molecular weight is 279 g/mol. The highest BCUT2D eigenvalue weighted by atomic mass is 16.6. The standard InChI is InChI=1S/C14H21N3O3/c1-3-4-20-13-6-11(5-12(7-13)17(18)19)16-8-10(2)14(15)9-16/h5-7,10,14H,3-4,8-9,15H2,1-2H3. The second kappa shape index (κ2) is 6.09. The fourth-order valence-electron chi connectivity index (χ4n) is 2.36. The van der Waals surface area contributed by atoms with E-state index in [0.717, 1.165) is 25.2 Å². The molecule has 0 aliphatic carbocycles. The van der Waals surface area contributed by atoms with Crippen molar-refractivity contribution in [3.63, 3.8) is 0 Å². The van der Waals surface area contributed by atoms with Gasteiger partial charge in [-0.15, -0.1) is 0 Å². The highest BCUT2D eigenvalue weighted by Crippen LogP contribution is 2.31. The Morgan fingerprint density at radius 1 is 1.45 bits per heavy atom. The molecular weight excluding hydrogens is 258 g/mol. The number of anilines is 1. The lowest BCUT2D eigenvalue weighted by molar-refractivity contribution is -0.384. The van der Waals surface area contributed by atoms with E-state index in [4.69, 9.17) is 10.5 Å². The van der Waals surface area contributed by atoms with E-state index in [0.29, 0.717) is 18.3 Å². The van der Waals surface area contributed by atoms with Crippen molar-refractivity contribution in [2.45, 2.75) is 26.3 Å². The van der Waals surface area contributed by atoms with Gasteiger partial charge >= 0.3 is 0 Å². The second-order valence-electron chi connectivity index (χ2n) is 5.34. The summed E-state index contributed by atoms with van der Waals surface area (Å²) in [5, 5.41) is 11.0. The Hall–Kier alpha value is -1.82. The monoisotopic (exact) mass is 279 g/mol. The maximum Gasteiger partial charge on any atom is 0.275 e. The molecule has 110 valence electrons. The molecule has 1 heterocycles. The molecule has 6 nitrogen and oxygen atoms in total. The minimum atomic E-state index is -0.387. The van der Waals surface area contributed by atoms with Crippen LogP contribution >= 0.6 is 0 Å². The van der Waals surface area contributed by atoms with Crippen molar-refractivity contribution in [1.82, 2.24) is 0 Å². The quantitative estimate of drug-likeness (QED) is 0.660. The van der Waals surface area contributed by atoms with Crippen LogP contribution < -0.4 is 15.4 Å².